The number of benzene rings is 1. The summed E-state index contributed by atoms with van der Waals surface area (Å²) in [4.78, 5) is 8.94. The van der Waals surface area contributed by atoms with E-state index in [0.717, 1.165) is 29.8 Å². The van der Waals surface area contributed by atoms with Crippen molar-refractivity contribution in [3.63, 3.8) is 0 Å². The van der Waals surface area contributed by atoms with Gasteiger partial charge in [-0.15, -0.1) is 0 Å². The van der Waals surface area contributed by atoms with Gasteiger partial charge in [-0.2, -0.15) is 0 Å². The Bertz CT molecular complexity index is 849. The molecule has 5 heteroatoms. The molecule has 27 heavy (non-hydrogen) atoms. The minimum absolute atomic E-state index is 0.516. The SMILES string of the molecule is CC1NNC(C)C1CCCn1cnc(-c2ccccc2)c1-c1ccncc1. The van der Waals surface area contributed by atoms with Crippen molar-refractivity contribution in [2.45, 2.75) is 45.3 Å². The Hall–Kier alpha value is -2.50. The number of nitrogens with zero attached hydrogens (tertiary/aromatic N) is 3. The zero-order valence-electron chi connectivity index (χ0n) is 16.0. The van der Waals surface area contributed by atoms with Crippen molar-refractivity contribution < 1.29 is 0 Å². The molecule has 3 heterocycles. The van der Waals surface area contributed by atoms with Crippen molar-refractivity contribution in [1.29, 1.82) is 0 Å². The fourth-order valence-corrected chi connectivity index (χ4v) is 4.08. The Morgan fingerprint density at radius 3 is 2.33 bits per heavy atom. The van der Waals surface area contributed by atoms with Gasteiger partial charge >= 0.3 is 0 Å². The topological polar surface area (TPSA) is 54.8 Å². The second kappa shape index (κ2) is 8.03. The summed E-state index contributed by atoms with van der Waals surface area (Å²) in [5.74, 6) is 0.659. The minimum Gasteiger partial charge on any atom is -0.330 e. The molecule has 140 valence electrons. The van der Waals surface area contributed by atoms with E-state index >= 15 is 0 Å². The molecule has 1 saturated heterocycles. The van der Waals surface area contributed by atoms with Gasteiger partial charge in [-0.05, 0) is 44.7 Å². The summed E-state index contributed by atoms with van der Waals surface area (Å²) in [7, 11) is 0. The lowest BCUT2D eigenvalue weighted by Crippen LogP contribution is -2.30. The van der Waals surface area contributed by atoms with Crippen LogP contribution in [-0.4, -0.2) is 26.6 Å². The number of rotatable bonds is 6. The Labute approximate surface area is 160 Å². The molecule has 2 atom stereocenters. The van der Waals surface area contributed by atoms with Crippen LogP contribution in [0.5, 0.6) is 0 Å². The first-order chi connectivity index (χ1) is 13.2. The van der Waals surface area contributed by atoms with Crippen molar-refractivity contribution in [3.8, 4) is 22.5 Å². The number of hydrogen-bond donors (Lipinski definition) is 2. The third-order valence-corrected chi connectivity index (χ3v) is 5.60. The lowest BCUT2D eigenvalue weighted by Gasteiger charge is -2.18. The van der Waals surface area contributed by atoms with Gasteiger partial charge in [-0.3, -0.25) is 15.8 Å². The van der Waals surface area contributed by atoms with Gasteiger partial charge in [0, 0.05) is 42.1 Å². The average Bonchev–Trinajstić information content (AvgIpc) is 3.27. The van der Waals surface area contributed by atoms with E-state index in [-0.39, 0.29) is 0 Å². The van der Waals surface area contributed by atoms with Crippen molar-refractivity contribution >= 4 is 0 Å². The van der Waals surface area contributed by atoms with Crippen LogP contribution >= 0.6 is 0 Å². The standard InChI is InChI=1S/C22H27N5/c1-16-20(17(2)26-25-16)9-6-14-27-15-24-21(18-7-4-3-5-8-18)22(27)19-10-12-23-13-11-19/h3-5,7-8,10-13,15-17,20,25-26H,6,9,14H2,1-2H3. The predicted octanol–water partition coefficient (Wildman–Crippen LogP) is 3.89. The van der Waals surface area contributed by atoms with E-state index in [4.69, 9.17) is 4.98 Å². The summed E-state index contributed by atoms with van der Waals surface area (Å²) in [6.45, 7) is 5.48. The first-order valence-electron chi connectivity index (χ1n) is 9.76. The average molecular weight is 361 g/mol. The summed E-state index contributed by atoms with van der Waals surface area (Å²) in [6, 6.07) is 15.6. The molecule has 0 amide bonds. The summed E-state index contributed by atoms with van der Waals surface area (Å²) in [5.41, 5.74) is 11.2. The highest BCUT2D eigenvalue weighted by Crippen LogP contribution is 2.31. The van der Waals surface area contributed by atoms with Gasteiger partial charge in [0.2, 0.25) is 0 Å². The number of hydrazine groups is 1. The van der Waals surface area contributed by atoms with E-state index in [0.29, 0.717) is 18.0 Å². The number of nitrogens with one attached hydrogen (secondary N) is 2. The van der Waals surface area contributed by atoms with Crippen LogP contribution in [-0.2, 0) is 6.54 Å². The van der Waals surface area contributed by atoms with Crippen molar-refractivity contribution in [3.05, 3.63) is 61.2 Å². The smallest absolute Gasteiger partial charge is 0.0963 e. The quantitative estimate of drug-likeness (QED) is 0.699. The van der Waals surface area contributed by atoms with Gasteiger partial charge in [0.15, 0.2) is 0 Å². The second-order valence-electron chi connectivity index (χ2n) is 7.41. The molecule has 0 radical (unpaired) electrons. The summed E-state index contributed by atoms with van der Waals surface area (Å²) >= 11 is 0. The summed E-state index contributed by atoms with van der Waals surface area (Å²) < 4.78 is 2.29. The van der Waals surface area contributed by atoms with Crippen LogP contribution in [0.15, 0.2) is 61.2 Å². The maximum atomic E-state index is 4.76. The molecule has 4 rings (SSSR count). The Morgan fingerprint density at radius 1 is 0.926 bits per heavy atom. The van der Waals surface area contributed by atoms with Gasteiger partial charge < -0.3 is 4.57 Å². The van der Waals surface area contributed by atoms with Gasteiger partial charge in [0.05, 0.1) is 17.7 Å². The van der Waals surface area contributed by atoms with Crippen LogP contribution in [0, 0.1) is 5.92 Å². The molecule has 0 aliphatic carbocycles. The Kier molecular flexibility index (Phi) is 5.32. The molecule has 2 unspecified atom stereocenters. The zero-order valence-corrected chi connectivity index (χ0v) is 16.0. The van der Waals surface area contributed by atoms with Crippen molar-refractivity contribution in [2.75, 3.05) is 0 Å². The van der Waals surface area contributed by atoms with E-state index in [1.807, 2.05) is 24.8 Å². The molecular weight excluding hydrogens is 334 g/mol. The van der Waals surface area contributed by atoms with E-state index in [1.54, 1.807) is 0 Å². The van der Waals surface area contributed by atoms with E-state index in [1.165, 1.54) is 12.1 Å². The van der Waals surface area contributed by atoms with Crippen LogP contribution in [0.25, 0.3) is 22.5 Å². The third kappa shape index (κ3) is 3.80. The minimum atomic E-state index is 0.516. The van der Waals surface area contributed by atoms with E-state index < -0.39 is 0 Å². The molecule has 0 saturated carbocycles. The molecule has 3 aromatic rings. The number of imidazole rings is 1. The predicted molar refractivity (Wildman–Crippen MR) is 109 cm³/mol. The molecule has 1 aliphatic rings. The van der Waals surface area contributed by atoms with Gasteiger partial charge in [0.25, 0.3) is 0 Å². The highest BCUT2D eigenvalue weighted by molar-refractivity contribution is 5.78. The van der Waals surface area contributed by atoms with Gasteiger partial charge in [-0.25, -0.2) is 4.98 Å². The molecular formula is C22H27N5. The lowest BCUT2D eigenvalue weighted by molar-refractivity contribution is 0.390. The van der Waals surface area contributed by atoms with Crippen LogP contribution in [0.3, 0.4) is 0 Å². The number of aryl methyl sites for hydroxylation is 1. The van der Waals surface area contributed by atoms with Crippen molar-refractivity contribution in [1.82, 2.24) is 25.4 Å². The Balaban J connectivity index is 1.58. The van der Waals surface area contributed by atoms with E-state index in [2.05, 4.69) is 70.6 Å². The maximum Gasteiger partial charge on any atom is 0.0963 e. The second-order valence-corrected chi connectivity index (χ2v) is 7.41. The normalized spacial score (nSPS) is 22.2. The van der Waals surface area contributed by atoms with Crippen LogP contribution in [0.4, 0.5) is 0 Å². The first kappa shape index (κ1) is 17.9. The third-order valence-electron chi connectivity index (χ3n) is 5.60. The molecule has 0 spiro atoms. The number of pyridine rings is 1. The molecule has 5 nitrogen and oxygen atoms in total. The fourth-order valence-electron chi connectivity index (χ4n) is 4.08. The highest BCUT2D eigenvalue weighted by atomic mass is 15.4. The van der Waals surface area contributed by atoms with Gasteiger partial charge in [0.1, 0.15) is 0 Å². The fraction of sp³-hybridized carbons (Fsp3) is 0.364. The molecule has 1 aliphatic heterocycles. The summed E-state index contributed by atoms with van der Waals surface area (Å²) in [6.07, 6.45) is 8.00. The molecule has 1 aromatic carbocycles. The first-order valence-corrected chi connectivity index (χ1v) is 9.76. The highest BCUT2D eigenvalue weighted by Gasteiger charge is 2.29. The lowest BCUT2D eigenvalue weighted by atomic mass is 9.91. The van der Waals surface area contributed by atoms with Crippen LogP contribution in [0.2, 0.25) is 0 Å². The van der Waals surface area contributed by atoms with E-state index in [9.17, 15) is 0 Å². The molecule has 0 bridgehead atoms. The molecule has 2 N–H and O–H groups in total. The Morgan fingerprint density at radius 2 is 1.63 bits per heavy atom. The van der Waals surface area contributed by atoms with Crippen LogP contribution < -0.4 is 10.9 Å². The monoisotopic (exact) mass is 361 g/mol. The number of hydrogen-bond acceptors (Lipinski definition) is 4. The molecule has 2 aromatic heterocycles. The maximum absolute atomic E-state index is 4.76. The van der Waals surface area contributed by atoms with Crippen LogP contribution in [0.1, 0.15) is 26.7 Å². The molecule has 1 fully saturated rings. The largest absolute Gasteiger partial charge is 0.330 e. The zero-order chi connectivity index (χ0) is 18.6. The van der Waals surface area contributed by atoms with Crippen molar-refractivity contribution in [2.24, 2.45) is 5.92 Å². The van der Waals surface area contributed by atoms with Gasteiger partial charge in [-0.1, -0.05) is 30.3 Å². The summed E-state index contributed by atoms with van der Waals surface area (Å²) in [5, 5.41) is 0. The number of aromatic nitrogens is 3.